The van der Waals surface area contributed by atoms with Crippen LogP contribution in [0.3, 0.4) is 0 Å². The molecule has 0 saturated heterocycles. The van der Waals surface area contributed by atoms with Crippen LogP contribution in [0.25, 0.3) is 10.9 Å². The maximum atomic E-state index is 13.4. The van der Waals surface area contributed by atoms with Crippen LogP contribution >= 0.6 is 0 Å². The molecule has 7 nitrogen and oxygen atoms in total. The summed E-state index contributed by atoms with van der Waals surface area (Å²) in [5, 5.41) is 10.8. The fraction of sp³-hybridized carbons (Fsp3) is 0.500. The van der Waals surface area contributed by atoms with Crippen LogP contribution in [0.1, 0.15) is 74.3 Å². The lowest BCUT2D eigenvalue weighted by Gasteiger charge is -2.29. The number of hydrogen-bond acceptors (Lipinski definition) is 5. The Morgan fingerprint density at radius 1 is 1.10 bits per heavy atom. The minimum absolute atomic E-state index is 0.136. The number of hydrogen-bond donors (Lipinski definition) is 1. The number of fused-ring (bicyclic) bond motifs is 1. The normalized spacial score (nSPS) is 19.4. The second kappa shape index (κ2) is 7.32. The molecule has 0 amide bonds. The van der Waals surface area contributed by atoms with Crippen LogP contribution in [0.15, 0.2) is 33.1 Å². The summed E-state index contributed by atoms with van der Waals surface area (Å²) in [6.07, 6.45) is 3.93. The Balaban J connectivity index is 1.93. The molecule has 0 spiro atoms. The summed E-state index contributed by atoms with van der Waals surface area (Å²) >= 11 is 0. The van der Waals surface area contributed by atoms with Crippen molar-refractivity contribution in [1.29, 1.82) is 0 Å². The number of rotatable bonds is 3. The Morgan fingerprint density at radius 3 is 2.35 bits per heavy atom. The predicted molar refractivity (Wildman–Crippen MR) is 118 cm³/mol. The van der Waals surface area contributed by atoms with E-state index in [0.29, 0.717) is 16.5 Å². The molecule has 31 heavy (non-hydrogen) atoms. The van der Waals surface area contributed by atoms with Crippen molar-refractivity contribution in [2.24, 2.45) is 12.5 Å². The smallest absolute Gasteiger partial charge is 0.331 e. The molecule has 1 N–H and O–H groups in total. The molecule has 164 valence electrons. The van der Waals surface area contributed by atoms with E-state index < -0.39 is 16.8 Å². The molecule has 1 aromatic carbocycles. The fourth-order valence-corrected chi connectivity index (χ4v) is 5.13. The molecule has 1 aromatic heterocycles. The number of ketones is 2. The maximum absolute atomic E-state index is 13.4. The number of benzene rings is 1. The van der Waals surface area contributed by atoms with Crippen molar-refractivity contribution < 1.29 is 14.7 Å². The van der Waals surface area contributed by atoms with Crippen LogP contribution < -0.4 is 11.2 Å². The number of allylic oxidation sites excluding steroid dienone is 2. The number of Topliss-reactive ketones (excluding diaryl/α,β-unsaturated/α-hetero) is 2. The van der Waals surface area contributed by atoms with E-state index in [4.69, 9.17) is 0 Å². The summed E-state index contributed by atoms with van der Waals surface area (Å²) in [4.78, 5) is 52.2. The first-order valence-electron chi connectivity index (χ1n) is 10.8. The van der Waals surface area contributed by atoms with Crippen LogP contribution in [-0.2, 0) is 11.8 Å². The fourth-order valence-electron chi connectivity index (χ4n) is 5.13. The monoisotopic (exact) mass is 424 g/mol. The number of aryl methyl sites for hydroxylation is 2. The molecular weight excluding hydrogens is 396 g/mol. The standard InChI is InChI=1S/C24H28N2O5/c1-13-15(21(29)20-17(27)11-24(2,3)12-18(20)28)9-10-16-19(13)22(30)26(23(31)25(16)4)14-7-5-6-8-14/h9-10,14,27H,5-8,11-12H2,1-4H3. The molecule has 0 unspecified atom stereocenters. The summed E-state index contributed by atoms with van der Waals surface area (Å²) < 4.78 is 2.77. The number of aliphatic hydroxyl groups excluding tert-OH is 1. The third kappa shape index (κ3) is 3.36. The van der Waals surface area contributed by atoms with Gasteiger partial charge in [0.05, 0.1) is 10.9 Å². The summed E-state index contributed by atoms with van der Waals surface area (Å²) in [6, 6.07) is 2.97. The Bertz CT molecular complexity index is 1270. The van der Waals surface area contributed by atoms with Gasteiger partial charge in [0.2, 0.25) is 0 Å². The van der Waals surface area contributed by atoms with Crippen molar-refractivity contribution in [2.75, 3.05) is 0 Å². The molecule has 7 heteroatoms. The minimum Gasteiger partial charge on any atom is -0.511 e. The molecule has 0 atom stereocenters. The molecule has 1 fully saturated rings. The van der Waals surface area contributed by atoms with Gasteiger partial charge >= 0.3 is 5.69 Å². The molecule has 1 heterocycles. The van der Waals surface area contributed by atoms with E-state index in [0.717, 1.165) is 25.7 Å². The third-order valence-electron chi connectivity index (χ3n) is 6.74. The first kappa shape index (κ1) is 21.3. The topological polar surface area (TPSA) is 98.4 Å². The zero-order chi connectivity index (χ0) is 22.7. The summed E-state index contributed by atoms with van der Waals surface area (Å²) in [5.41, 5.74) is -0.269. The van der Waals surface area contributed by atoms with Crippen LogP contribution in [-0.4, -0.2) is 25.8 Å². The van der Waals surface area contributed by atoms with Crippen LogP contribution in [0.2, 0.25) is 0 Å². The highest BCUT2D eigenvalue weighted by atomic mass is 16.3. The highest BCUT2D eigenvalue weighted by Gasteiger charge is 2.37. The highest BCUT2D eigenvalue weighted by molar-refractivity contribution is 6.28. The van der Waals surface area contributed by atoms with Gasteiger partial charge in [-0.3, -0.25) is 23.5 Å². The van der Waals surface area contributed by atoms with Gasteiger partial charge in [0.25, 0.3) is 5.56 Å². The van der Waals surface area contributed by atoms with Gasteiger partial charge in [-0.1, -0.05) is 26.7 Å². The average molecular weight is 424 g/mol. The molecule has 0 radical (unpaired) electrons. The van der Waals surface area contributed by atoms with Crippen molar-refractivity contribution in [3.05, 3.63) is 55.4 Å². The number of carbonyl (C=O) groups excluding carboxylic acids is 2. The number of aromatic nitrogens is 2. The molecular formula is C24H28N2O5. The average Bonchev–Trinajstić information content (AvgIpc) is 3.18. The van der Waals surface area contributed by atoms with E-state index in [1.807, 2.05) is 13.8 Å². The van der Waals surface area contributed by atoms with Crippen LogP contribution in [0.4, 0.5) is 0 Å². The van der Waals surface area contributed by atoms with E-state index in [-0.39, 0.29) is 47.3 Å². The van der Waals surface area contributed by atoms with Crippen molar-refractivity contribution in [3.63, 3.8) is 0 Å². The van der Waals surface area contributed by atoms with Crippen molar-refractivity contribution in [3.8, 4) is 0 Å². The SMILES string of the molecule is Cc1c(C(=O)C2=C(O)CC(C)(C)CC2=O)ccc2c1c(=O)n(C1CCCC1)c(=O)n2C. The first-order chi connectivity index (χ1) is 14.5. The minimum atomic E-state index is -0.571. The van der Waals surface area contributed by atoms with E-state index in [1.54, 1.807) is 20.0 Å². The van der Waals surface area contributed by atoms with Gasteiger partial charge in [-0.15, -0.1) is 0 Å². The zero-order valence-corrected chi connectivity index (χ0v) is 18.4. The van der Waals surface area contributed by atoms with E-state index in [1.165, 1.54) is 15.2 Å². The first-order valence-corrected chi connectivity index (χ1v) is 10.8. The molecule has 0 bridgehead atoms. The molecule has 1 saturated carbocycles. The number of aliphatic hydroxyl groups is 1. The van der Waals surface area contributed by atoms with Crippen LogP contribution in [0.5, 0.6) is 0 Å². The van der Waals surface area contributed by atoms with E-state index in [9.17, 15) is 24.3 Å². The van der Waals surface area contributed by atoms with E-state index >= 15 is 0 Å². The highest BCUT2D eigenvalue weighted by Crippen LogP contribution is 2.37. The lowest BCUT2D eigenvalue weighted by Crippen LogP contribution is -2.41. The predicted octanol–water partition coefficient (Wildman–Crippen LogP) is 3.51. The summed E-state index contributed by atoms with van der Waals surface area (Å²) in [7, 11) is 1.62. The van der Waals surface area contributed by atoms with Gasteiger partial charge < -0.3 is 5.11 Å². The summed E-state index contributed by atoms with van der Waals surface area (Å²) in [5.74, 6) is -1.16. The molecule has 2 aliphatic carbocycles. The van der Waals surface area contributed by atoms with Gasteiger partial charge in [0.1, 0.15) is 11.3 Å². The Kier molecular flexibility index (Phi) is 5.03. The van der Waals surface area contributed by atoms with Crippen molar-refractivity contribution in [1.82, 2.24) is 9.13 Å². The quantitative estimate of drug-likeness (QED) is 0.601. The largest absolute Gasteiger partial charge is 0.511 e. The molecule has 2 aromatic rings. The van der Waals surface area contributed by atoms with Crippen LogP contribution in [0, 0.1) is 12.3 Å². The second-order valence-electron chi connectivity index (χ2n) is 9.68. The van der Waals surface area contributed by atoms with Gasteiger partial charge in [-0.25, -0.2) is 4.79 Å². The molecule has 4 rings (SSSR count). The lowest BCUT2D eigenvalue weighted by molar-refractivity contribution is -0.118. The van der Waals surface area contributed by atoms with E-state index in [2.05, 4.69) is 0 Å². The van der Waals surface area contributed by atoms with Gasteiger partial charge in [-0.05, 0) is 42.9 Å². The number of nitrogens with zero attached hydrogens (tertiary/aromatic N) is 2. The second-order valence-corrected chi connectivity index (χ2v) is 9.68. The maximum Gasteiger partial charge on any atom is 0.331 e. The Labute approximate surface area is 180 Å². The Morgan fingerprint density at radius 2 is 1.74 bits per heavy atom. The van der Waals surface area contributed by atoms with Gasteiger partial charge in [0, 0.05) is 31.5 Å². The molecule has 2 aliphatic rings. The Hall–Kier alpha value is -2.96. The van der Waals surface area contributed by atoms with Crippen molar-refractivity contribution in [2.45, 2.75) is 65.3 Å². The van der Waals surface area contributed by atoms with Gasteiger partial charge in [-0.2, -0.15) is 0 Å². The lowest BCUT2D eigenvalue weighted by atomic mass is 9.75. The van der Waals surface area contributed by atoms with Gasteiger partial charge in [0.15, 0.2) is 11.6 Å². The third-order valence-corrected chi connectivity index (χ3v) is 6.74. The van der Waals surface area contributed by atoms with Crippen molar-refractivity contribution >= 4 is 22.5 Å². The summed E-state index contributed by atoms with van der Waals surface area (Å²) in [6.45, 7) is 5.40. The molecule has 0 aliphatic heterocycles. The zero-order valence-electron chi connectivity index (χ0n) is 18.4. The number of carbonyl (C=O) groups is 2.